The van der Waals surface area contributed by atoms with Crippen molar-refractivity contribution in [3.8, 4) is 0 Å². The van der Waals surface area contributed by atoms with Gasteiger partial charge in [0.25, 0.3) is 0 Å². The van der Waals surface area contributed by atoms with E-state index in [-0.39, 0.29) is 0 Å². The van der Waals surface area contributed by atoms with E-state index in [4.69, 9.17) is 0 Å². The number of hydrogen-bond acceptors (Lipinski definition) is 6. The topological polar surface area (TPSA) is 74.2 Å². The highest BCUT2D eigenvalue weighted by Gasteiger charge is 2.31. The third-order valence-corrected chi connectivity index (χ3v) is 4.43. The molecule has 22 heavy (non-hydrogen) atoms. The van der Waals surface area contributed by atoms with Gasteiger partial charge in [0.2, 0.25) is 0 Å². The summed E-state index contributed by atoms with van der Waals surface area (Å²) in [5.74, 6) is 0.752. The van der Waals surface area contributed by atoms with Crippen LogP contribution in [0.15, 0.2) is 12.4 Å². The van der Waals surface area contributed by atoms with Crippen LogP contribution in [0.25, 0.3) is 11.0 Å². The largest absolute Gasteiger partial charge is 0.388 e. The standard InChI is InChI=1S/C16H23N5O/c1-11-8-12(2)20-15-13(11)14(18-10-19-15)17-9-16(22)4-6-21(3)7-5-16/h8,10,22H,4-7,9H2,1-3H3,(H,17,18,19,20). The second-order valence-electron chi connectivity index (χ2n) is 6.38. The van der Waals surface area contributed by atoms with E-state index >= 15 is 0 Å². The maximum Gasteiger partial charge on any atom is 0.165 e. The van der Waals surface area contributed by atoms with Crippen LogP contribution >= 0.6 is 0 Å². The third kappa shape index (κ3) is 3.03. The van der Waals surface area contributed by atoms with Crippen molar-refractivity contribution < 1.29 is 5.11 Å². The van der Waals surface area contributed by atoms with Gasteiger partial charge in [0, 0.05) is 25.3 Å². The normalized spacial score (nSPS) is 18.5. The Morgan fingerprint density at radius 2 is 2.00 bits per heavy atom. The fourth-order valence-electron chi connectivity index (χ4n) is 3.00. The monoisotopic (exact) mass is 301 g/mol. The van der Waals surface area contributed by atoms with E-state index in [1.807, 2.05) is 19.9 Å². The summed E-state index contributed by atoms with van der Waals surface area (Å²) in [7, 11) is 2.09. The maximum absolute atomic E-state index is 10.7. The molecule has 3 rings (SSSR count). The molecule has 0 aromatic carbocycles. The molecule has 0 spiro atoms. The minimum Gasteiger partial charge on any atom is -0.388 e. The molecule has 2 N–H and O–H groups in total. The van der Waals surface area contributed by atoms with Crippen molar-refractivity contribution in [3.63, 3.8) is 0 Å². The molecule has 0 bridgehead atoms. The molecule has 0 unspecified atom stereocenters. The number of piperidine rings is 1. The fraction of sp³-hybridized carbons (Fsp3) is 0.562. The first kappa shape index (κ1) is 15.1. The van der Waals surface area contributed by atoms with Crippen molar-refractivity contribution in [2.45, 2.75) is 32.3 Å². The van der Waals surface area contributed by atoms with E-state index in [9.17, 15) is 5.11 Å². The first-order valence-corrected chi connectivity index (χ1v) is 7.71. The Morgan fingerprint density at radius 3 is 2.73 bits per heavy atom. The summed E-state index contributed by atoms with van der Waals surface area (Å²) in [6, 6.07) is 2.03. The smallest absolute Gasteiger partial charge is 0.165 e. The molecule has 0 atom stereocenters. The van der Waals surface area contributed by atoms with Gasteiger partial charge in [-0.25, -0.2) is 15.0 Å². The Morgan fingerprint density at radius 1 is 1.27 bits per heavy atom. The van der Waals surface area contributed by atoms with Crippen LogP contribution in [0, 0.1) is 13.8 Å². The molecule has 1 saturated heterocycles. The van der Waals surface area contributed by atoms with Gasteiger partial charge in [-0.3, -0.25) is 0 Å². The van der Waals surface area contributed by atoms with Crippen LogP contribution in [-0.4, -0.2) is 57.2 Å². The van der Waals surface area contributed by atoms with E-state index in [1.54, 1.807) is 0 Å². The number of rotatable bonds is 3. The van der Waals surface area contributed by atoms with Crippen molar-refractivity contribution >= 4 is 16.9 Å². The Hall–Kier alpha value is -1.79. The average molecular weight is 301 g/mol. The molecule has 0 saturated carbocycles. The summed E-state index contributed by atoms with van der Waals surface area (Å²) < 4.78 is 0. The SMILES string of the molecule is Cc1cc(C)c2c(NCC3(O)CCN(C)CC3)ncnc2n1. The van der Waals surface area contributed by atoms with Gasteiger partial charge in [-0.2, -0.15) is 0 Å². The molecular formula is C16H23N5O. The molecule has 6 nitrogen and oxygen atoms in total. The summed E-state index contributed by atoms with van der Waals surface area (Å²) in [6.45, 7) is 6.34. The highest BCUT2D eigenvalue weighted by molar-refractivity contribution is 5.89. The third-order valence-electron chi connectivity index (χ3n) is 4.43. The second-order valence-corrected chi connectivity index (χ2v) is 6.38. The van der Waals surface area contributed by atoms with Crippen LogP contribution in [0.1, 0.15) is 24.1 Å². The van der Waals surface area contributed by atoms with Crippen molar-refractivity contribution in [1.29, 1.82) is 0 Å². The summed E-state index contributed by atoms with van der Waals surface area (Å²) in [5, 5.41) is 14.9. The van der Waals surface area contributed by atoms with Gasteiger partial charge >= 0.3 is 0 Å². The molecule has 0 aliphatic carbocycles. The average Bonchev–Trinajstić information content (AvgIpc) is 2.48. The second kappa shape index (κ2) is 5.78. The number of hydrogen-bond donors (Lipinski definition) is 2. The molecule has 1 aliphatic heterocycles. The van der Waals surface area contributed by atoms with Crippen LogP contribution in [0.2, 0.25) is 0 Å². The van der Waals surface area contributed by atoms with E-state index in [0.29, 0.717) is 12.2 Å². The Bertz CT molecular complexity index is 680. The summed E-state index contributed by atoms with van der Waals surface area (Å²) in [6.07, 6.45) is 3.07. The molecule has 3 heterocycles. The lowest BCUT2D eigenvalue weighted by Crippen LogP contribution is -2.47. The zero-order valence-corrected chi connectivity index (χ0v) is 13.4. The minimum absolute atomic E-state index is 0.500. The Kier molecular flexibility index (Phi) is 3.97. The number of nitrogens with one attached hydrogen (secondary N) is 1. The minimum atomic E-state index is -0.671. The Balaban J connectivity index is 1.82. The quantitative estimate of drug-likeness (QED) is 0.895. The van der Waals surface area contributed by atoms with Gasteiger partial charge < -0.3 is 15.3 Å². The van der Waals surface area contributed by atoms with E-state index in [0.717, 1.165) is 48.4 Å². The number of nitrogens with zero attached hydrogens (tertiary/aromatic N) is 4. The Labute approximate surface area is 130 Å². The molecule has 118 valence electrons. The van der Waals surface area contributed by atoms with Crippen LogP contribution in [0.4, 0.5) is 5.82 Å². The van der Waals surface area contributed by atoms with E-state index in [2.05, 4.69) is 32.2 Å². The van der Waals surface area contributed by atoms with Gasteiger partial charge in [0.15, 0.2) is 5.65 Å². The predicted molar refractivity (Wildman–Crippen MR) is 87.0 cm³/mol. The first-order chi connectivity index (χ1) is 10.5. The maximum atomic E-state index is 10.7. The number of fused-ring (bicyclic) bond motifs is 1. The van der Waals surface area contributed by atoms with Gasteiger partial charge in [0.1, 0.15) is 12.1 Å². The number of anilines is 1. The molecule has 2 aromatic heterocycles. The molecule has 6 heteroatoms. The van der Waals surface area contributed by atoms with Gasteiger partial charge in [-0.05, 0) is 45.4 Å². The lowest BCUT2D eigenvalue weighted by Gasteiger charge is -2.36. The first-order valence-electron chi connectivity index (χ1n) is 7.71. The number of likely N-dealkylation sites (tertiary alicyclic amines) is 1. The van der Waals surface area contributed by atoms with E-state index < -0.39 is 5.60 Å². The molecule has 1 fully saturated rings. The molecule has 2 aromatic rings. The van der Waals surface area contributed by atoms with Crippen molar-refractivity contribution in [2.75, 3.05) is 32.0 Å². The van der Waals surface area contributed by atoms with Crippen molar-refractivity contribution in [3.05, 3.63) is 23.7 Å². The van der Waals surface area contributed by atoms with Gasteiger partial charge in [-0.15, -0.1) is 0 Å². The number of aromatic nitrogens is 3. The van der Waals surface area contributed by atoms with Crippen molar-refractivity contribution in [2.24, 2.45) is 0 Å². The molecule has 1 aliphatic rings. The van der Waals surface area contributed by atoms with Crippen LogP contribution in [0.3, 0.4) is 0 Å². The van der Waals surface area contributed by atoms with Gasteiger partial charge in [-0.1, -0.05) is 0 Å². The predicted octanol–water partition coefficient (Wildman–Crippen LogP) is 1.51. The molecular weight excluding hydrogens is 278 g/mol. The van der Waals surface area contributed by atoms with Gasteiger partial charge in [0.05, 0.1) is 11.0 Å². The summed E-state index contributed by atoms with van der Waals surface area (Å²) in [5.41, 5.74) is 2.07. The van der Waals surface area contributed by atoms with Crippen LogP contribution < -0.4 is 5.32 Å². The number of aryl methyl sites for hydroxylation is 2. The molecule has 0 amide bonds. The number of aliphatic hydroxyl groups is 1. The molecule has 0 radical (unpaired) electrons. The highest BCUT2D eigenvalue weighted by Crippen LogP contribution is 2.25. The van der Waals surface area contributed by atoms with E-state index in [1.165, 1.54) is 6.33 Å². The summed E-state index contributed by atoms with van der Waals surface area (Å²) in [4.78, 5) is 15.3. The zero-order valence-electron chi connectivity index (χ0n) is 13.4. The van der Waals surface area contributed by atoms with Crippen LogP contribution in [0.5, 0.6) is 0 Å². The van der Waals surface area contributed by atoms with Crippen LogP contribution in [-0.2, 0) is 0 Å². The highest BCUT2D eigenvalue weighted by atomic mass is 16.3. The fourth-order valence-corrected chi connectivity index (χ4v) is 3.00. The van der Waals surface area contributed by atoms with Crippen molar-refractivity contribution in [1.82, 2.24) is 19.9 Å². The lowest BCUT2D eigenvalue weighted by molar-refractivity contribution is -0.00407. The lowest BCUT2D eigenvalue weighted by atomic mass is 9.91. The number of pyridine rings is 1. The zero-order chi connectivity index (χ0) is 15.7. The summed E-state index contributed by atoms with van der Waals surface area (Å²) >= 11 is 0.